The zero-order valence-corrected chi connectivity index (χ0v) is 10.6. The summed E-state index contributed by atoms with van der Waals surface area (Å²) < 4.78 is 5.75. The minimum Gasteiger partial charge on any atom is -0.375 e. The summed E-state index contributed by atoms with van der Waals surface area (Å²) in [6, 6.07) is 8.85. The second-order valence-corrected chi connectivity index (χ2v) is 5.55. The van der Waals surface area contributed by atoms with Crippen molar-refractivity contribution in [3.05, 3.63) is 35.4 Å². The molecule has 2 aliphatic rings. The molecule has 0 saturated carbocycles. The van der Waals surface area contributed by atoms with Gasteiger partial charge in [-0.15, -0.1) is 0 Å². The largest absolute Gasteiger partial charge is 0.375 e. The Kier molecular flexibility index (Phi) is 2.93. The number of likely N-dealkylation sites (tertiary alicyclic amines) is 1. The maximum Gasteiger partial charge on any atom is 0.0728 e. The van der Waals surface area contributed by atoms with Gasteiger partial charge < -0.3 is 4.74 Å². The predicted octanol–water partition coefficient (Wildman–Crippen LogP) is 2.75. The number of benzene rings is 1. The molecule has 0 radical (unpaired) electrons. The Balaban J connectivity index is 1.57. The van der Waals surface area contributed by atoms with E-state index in [-0.39, 0.29) is 5.60 Å². The molecule has 3 rings (SSSR count). The second-order valence-electron chi connectivity index (χ2n) is 5.55. The fourth-order valence-corrected chi connectivity index (χ4v) is 2.97. The van der Waals surface area contributed by atoms with Crippen molar-refractivity contribution >= 4 is 0 Å². The van der Waals surface area contributed by atoms with Crippen LogP contribution in [0.4, 0.5) is 0 Å². The highest BCUT2D eigenvalue weighted by molar-refractivity contribution is 5.22. The molecule has 0 bridgehead atoms. The van der Waals surface area contributed by atoms with Gasteiger partial charge in [0.1, 0.15) is 0 Å². The Morgan fingerprint density at radius 1 is 1.24 bits per heavy atom. The molecule has 0 amide bonds. The lowest BCUT2D eigenvalue weighted by molar-refractivity contribution is -0.173. The molecule has 2 heterocycles. The highest BCUT2D eigenvalue weighted by Crippen LogP contribution is 2.36. The fraction of sp³-hybridized carbons (Fsp3) is 0.600. The van der Waals surface area contributed by atoms with E-state index in [4.69, 9.17) is 4.74 Å². The Bertz CT molecular complexity index is 388. The number of ether oxygens (including phenoxy) is 1. The van der Waals surface area contributed by atoms with Crippen molar-refractivity contribution in [3.63, 3.8) is 0 Å². The van der Waals surface area contributed by atoms with Crippen molar-refractivity contribution in [2.45, 2.75) is 38.3 Å². The quantitative estimate of drug-likeness (QED) is 0.776. The lowest BCUT2D eigenvalue weighted by atomic mass is 9.84. The smallest absolute Gasteiger partial charge is 0.0728 e. The number of aryl methyl sites for hydroxylation is 1. The Labute approximate surface area is 104 Å². The molecule has 2 fully saturated rings. The van der Waals surface area contributed by atoms with Crippen molar-refractivity contribution in [2.24, 2.45) is 0 Å². The molecule has 1 spiro atoms. The Morgan fingerprint density at radius 2 is 2.00 bits per heavy atom. The van der Waals surface area contributed by atoms with E-state index in [1.807, 2.05) is 0 Å². The summed E-state index contributed by atoms with van der Waals surface area (Å²) in [7, 11) is 0. The first-order valence-electron chi connectivity index (χ1n) is 6.68. The molecule has 2 nitrogen and oxygen atoms in total. The second kappa shape index (κ2) is 4.43. The van der Waals surface area contributed by atoms with Crippen LogP contribution in [0.3, 0.4) is 0 Å². The number of nitrogens with zero attached hydrogens (tertiary/aromatic N) is 1. The van der Waals surface area contributed by atoms with Gasteiger partial charge in [0.15, 0.2) is 0 Å². The van der Waals surface area contributed by atoms with Crippen LogP contribution in [0.25, 0.3) is 0 Å². The van der Waals surface area contributed by atoms with E-state index >= 15 is 0 Å². The van der Waals surface area contributed by atoms with Gasteiger partial charge >= 0.3 is 0 Å². The van der Waals surface area contributed by atoms with Crippen molar-refractivity contribution in [2.75, 3.05) is 19.7 Å². The summed E-state index contributed by atoms with van der Waals surface area (Å²) in [5, 5.41) is 0. The van der Waals surface area contributed by atoms with Gasteiger partial charge in [0.2, 0.25) is 0 Å². The lowest BCUT2D eigenvalue weighted by Gasteiger charge is -2.47. The monoisotopic (exact) mass is 231 g/mol. The van der Waals surface area contributed by atoms with Gasteiger partial charge in [-0.3, -0.25) is 4.90 Å². The zero-order valence-electron chi connectivity index (χ0n) is 10.6. The first-order valence-corrected chi connectivity index (χ1v) is 6.68. The predicted molar refractivity (Wildman–Crippen MR) is 69.0 cm³/mol. The van der Waals surface area contributed by atoms with Crippen LogP contribution >= 0.6 is 0 Å². The van der Waals surface area contributed by atoms with Crippen LogP contribution in [0.5, 0.6) is 0 Å². The first-order chi connectivity index (χ1) is 8.26. The lowest BCUT2D eigenvalue weighted by Crippen LogP contribution is -2.52. The van der Waals surface area contributed by atoms with Gasteiger partial charge in [0.05, 0.1) is 12.2 Å². The fourth-order valence-electron chi connectivity index (χ4n) is 2.97. The van der Waals surface area contributed by atoms with Gasteiger partial charge in [-0.2, -0.15) is 0 Å². The minimum absolute atomic E-state index is 0.281. The van der Waals surface area contributed by atoms with Crippen molar-refractivity contribution in [1.29, 1.82) is 0 Å². The zero-order chi connectivity index (χ0) is 11.7. The molecule has 1 aromatic carbocycles. The molecule has 2 saturated heterocycles. The average Bonchev–Trinajstić information content (AvgIpc) is 2.28. The Hall–Kier alpha value is -0.860. The van der Waals surface area contributed by atoms with Crippen LogP contribution in [0.1, 0.15) is 30.4 Å². The minimum atomic E-state index is 0.281. The molecule has 0 unspecified atom stereocenters. The van der Waals surface area contributed by atoms with Crippen LogP contribution in [0.2, 0.25) is 0 Å². The molecular weight excluding hydrogens is 210 g/mol. The van der Waals surface area contributed by atoms with Gasteiger partial charge in [-0.25, -0.2) is 0 Å². The summed E-state index contributed by atoms with van der Waals surface area (Å²) in [5.74, 6) is 0. The third kappa shape index (κ3) is 2.38. The molecule has 17 heavy (non-hydrogen) atoms. The highest BCUT2D eigenvalue weighted by atomic mass is 16.5. The molecule has 2 aliphatic heterocycles. The topological polar surface area (TPSA) is 12.5 Å². The van der Waals surface area contributed by atoms with E-state index in [9.17, 15) is 0 Å². The molecule has 0 N–H and O–H groups in total. The summed E-state index contributed by atoms with van der Waals surface area (Å²) in [6.07, 6.45) is 3.73. The van der Waals surface area contributed by atoms with E-state index in [0.29, 0.717) is 0 Å². The van der Waals surface area contributed by atoms with Gasteiger partial charge in [-0.1, -0.05) is 29.8 Å². The van der Waals surface area contributed by atoms with Crippen LogP contribution in [-0.2, 0) is 11.3 Å². The summed E-state index contributed by atoms with van der Waals surface area (Å²) in [6.45, 7) is 6.62. The molecular formula is C15H21NO. The summed E-state index contributed by atoms with van der Waals surface area (Å²) in [4.78, 5) is 2.56. The van der Waals surface area contributed by atoms with Crippen LogP contribution < -0.4 is 0 Å². The molecule has 92 valence electrons. The highest BCUT2D eigenvalue weighted by Gasteiger charge is 2.40. The van der Waals surface area contributed by atoms with Gasteiger partial charge in [0.25, 0.3) is 0 Å². The number of hydrogen-bond acceptors (Lipinski definition) is 2. The maximum absolute atomic E-state index is 5.75. The van der Waals surface area contributed by atoms with E-state index in [1.165, 1.54) is 43.5 Å². The first kappa shape index (κ1) is 11.2. The van der Waals surface area contributed by atoms with E-state index < -0.39 is 0 Å². The average molecular weight is 231 g/mol. The van der Waals surface area contributed by atoms with E-state index in [2.05, 4.69) is 36.1 Å². The van der Waals surface area contributed by atoms with Crippen LogP contribution in [-0.4, -0.2) is 30.2 Å². The molecule has 0 aliphatic carbocycles. The summed E-state index contributed by atoms with van der Waals surface area (Å²) >= 11 is 0. The van der Waals surface area contributed by atoms with Crippen LogP contribution in [0, 0.1) is 6.92 Å². The standard InChI is InChI=1S/C15H21NO/c1-13-3-2-4-14(11-13)12-16-8-5-15(6-9-16)7-10-17-15/h2-4,11H,5-10,12H2,1H3. The van der Waals surface area contributed by atoms with E-state index in [1.54, 1.807) is 0 Å². The van der Waals surface area contributed by atoms with Crippen molar-refractivity contribution in [1.82, 2.24) is 4.90 Å². The molecule has 0 aromatic heterocycles. The number of piperidine rings is 1. The number of hydrogen-bond donors (Lipinski definition) is 0. The third-order valence-corrected chi connectivity index (χ3v) is 4.22. The third-order valence-electron chi connectivity index (χ3n) is 4.22. The Morgan fingerprint density at radius 3 is 2.59 bits per heavy atom. The molecule has 0 atom stereocenters. The van der Waals surface area contributed by atoms with Crippen LogP contribution in [0.15, 0.2) is 24.3 Å². The molecule has 2 heteroatoms. The molecule has 1 aromatic rings. The maximum atomic E-state index is 5.75. The SMILES string of the molecule is Cc1cccc(CN2CCC3(CCO3)CC2)c1. The van der Waals surface area contributed by atoms with Crippen molar-refractivity contribution < 1.29 is 4.74 Å². The van der Waals surface area contributed by atoms with Gasteiger partial charge in [-0.05, 0) is 31.7 Å². The number of rotatable bonds is 2. The van der Waals surface area contributed by atoms with Crippen molar-refractivity contribution in [3.8, 4) is 0 Å². The summed E-state index contributed by atoms with van der Waals surface area (Å²) in [5.41, 5.74) is 3.08. The van der Waals surface area contributed by atoms with Gasteiger partial charge in [0, 0.05) is 19.6 Å². The normalized spacial score (nSPS) is 23.6. The van der Waals surface area contributed by atoms with E-state index in [0.717, 1.165) is 13.2 Å².